The first-order valence-electron chi connectivity index (χ1n) is 21.3. The van der Waals surface area contributed by atoms with Crippen molar-refractivity contribution in [3.63, 3.8) is 0 Å². The number of aliphatic carboxylic acids is 2. The number of carbonyl (C=O) groups is 4. The third-order valence-electron chi connectivity index (χ3n) is 9.50. The molecule has 0 aromatic heterocycles. The van der Waals surface area contributed by atoms with E-state index in [1.165, 1.54) is 141 Å². The summed E-state index contributed by atoms with van der Waals surface area (Å²) in [5, 5.41) is 24.1. The maximum Gasteiger partial charge on any atom is 0.325 e. The van der Waals surface area contributed by atoms with Crippen molar-refractivity contribution in [2.45, 2.75) is 206 Å². The first kappa shape index (κ1) is 49.2. The van der Waals surface area contributed by atoms with Crippen molar-refractivity contribution in [2.24, 2.45) is 9.98 Å². The van der Waals surface area contributed by atoms with E-state index in [2.05, 4.69) is 34.5 Å². The fraction of sp³-hybridized carbons (Fsp3) is 0.857. The average Bonchev–Trinajstić information content (AvgIpc) is 3.11. The van der Waals surface area contributed by atoms with Crippen LogP contribution >= 0.6 is 0 Å². The van der Waals surface area contributed by atoms with Crippen molar-refractivity contribution in [1.29, 1.82) is 0 Å². The molecule has 0 atom stereocenters. The van der Waals surface area contributed by atoms with Gasteiger partial charge in [0.05, 0.1) is 24.3 Å². The first-order chi connectivity index (χ1) is 25.3. The molecule has 52 heavy (non-hydrogen) atoms. The molecule has 0 fully saturated rings. The smallest absolute Gasteiger partial charge is 0.325 e. The van der Waals surface area contributed by atoms with E-state index in [0.29, 0.717) is 13.1 Å². The largest absolute Gasteiger partial charge is 0.480 e. The monoisotopic (exact) mass is 735 g/mol. The van der Waals surface area contributed by atoms with Gasteiger partial charge in [-0.25, -0.2) is 0 Å². The second-order valence-electron chi connectivity index (χ2n) is 14.6. The fourth-order valence-corrected chi connectivity index (χ4v) is 6.35. The van der Waals surface area contributed by atoms with E-state index in [1.54, 1.807) is 0 Å². The highest BCUT2D eigenvalue weighted by atomic mass is 16.4. The zero-order valence-corrected chi connectivity index (χ0v) is 33.5. The Morgan fingerprint density at radius 3 is 0.846 bits per heavy atom. The molecule has 2 amide bonds. The minimum atomic E-state index is -1.19. The number of amides is 2. The Morgan fingerprint density at radius 1 is 0.385 bits per heavy atom. The van der Waals surface area contributed by atoms with Crippen molar-refractivity contribution in [1.82, 2.24) is 10.6 Å². The molecule has 10 heteroatoms. The normalized spacial score (nSPS) is 11.9. The van der Waals surface area contributed by atoms with Crippen LogP contribution in [0, 0.1) is 0 Å². The number of nitrogens with zero attached hydrogens (tertiary/aromatic N) is 2. The lowest BCUT2D eigenvalue weighted by Crippen LogP contribution is -2.33. The van der Waals surface area contributed by atoms with E-state index in [9.17, 15) is 29.4 Å². The van der Waals surface area contributed by atoms with Crippen molar-refractivity contribution in [2.75, 3.05) is 26.2 Å². The summed E-state index contributed by atoms with van der Waals surface area (Å²) in [4.78, 5) is 56.2. The number of carbonyl (C=O) groups excluding carboxylic acids is 2. The molecular weight excluding hydrogens is 656 g/mol. The van der Waals surface area contributed by atoms with E-state index in [-0.39, 0.29) is 36.1 Å². The number of carboxylic acids is 2. The topological polar surface area (TPSA) is 158 Å². The summed E-state index contributed by atoms with van der Waals surface area (Å²) in [7, 11) is 0. The van der Waals surface area contributed by atoms with Crippen LogP contribution in [-0.4, -0.2) is 71.6 Å². The molecule has 0 aliphatic carbocycles. The van der Waals surface area contributed by atoms with Gasteiger partial charge in [0.25, 0.3) is 0 Å². The van der Waals surface area contributed by atoms with Crippen molar-refractivity contribution >= 4 is 35.2 Å². The van der Waals surface area contributed by atoms with Gasteiger partial charge in [-0.05, 0) is 12.8 Å². The molecule has 0 aliphatic rings. The molecule has 0 saturated carbocycles. The molecule has 0 saturated heterocycles. The summed E-state index contributed by atoms with van der Waals surface area (Å²) in [6.45, 7) is 4.27. The molecule has 0 heterocycles. The minimum absolute atomic E-state index is 0.0359. The standard InChI is InChI=1S/C42H78N4O6/c1-3-5-7-9-11-13-15-17-19-21-23-25-27-29-31-43-39(47)33-37(45-35-41(49)50)38(46-36-42(51)52)34-40(48)44-32-30-28-26-24-22-20-18-16-14-12-10-8-6-4-2/h3-36H2,1-2H3,(H,43,47)(H,44,48)(H,49,50)(H,51,52). The van der Waals surface area contributed by atoms with Gasteiger partial charge in [0.2, 0.25) is 11.8 Å². The lowest BCUT2D eigenvalue weighted by atomic mass is 10.0. The summed E-state index contributed by atoms with van der Waals surface area (Å²) in [5.41, 5.74) is 0.0718. The van der Waals surface area contributed by atoms with Crippen LogP contribution in [0.4, 0.5) is 0 Å². The summed E-state index contributed by atoms with van der Waals surface area (Å²) in [6, 6.07) is 0. The number of nitrogens with one attached hydrogen (secondary N) is 2. The van der Waals surface area contributed by atoms with Crippen molar-refractivity contribution < 1.29 is 29.4 Å². The van der Waals surface area contributed by atoms with E-state index in [0.717, 1.165) is 38.5 Å². The maximum atomic E-state index is 12.8. The van der Waals surface area contributed by atoms with Crippen molar-refractivity contribution in [3.05, 3.63) is 0 Å². The van der Waals surface area contributed by atoms with Crippen LogP contribution in [0.3, 0.4) is 0 Å². The Morgan fingerprint density at radius 2 is 0.615 bits per heavy atom. The summed E-state index contributed by atoms with van der Waals surface area (Å²) < 4.78 is 0. The molecule has 302 valence electrons. The lowest BCUT2D eigenvalue weighted by molar-refractivity contribution is -0.136. The number of aliphatic imine (C=N–C) groups is 2. The zero-order chi connectivity index (χ0) is 38.3. The van der Waals surface area contributed by atoms with Crippen LogP contribution in [0.1, 0.15) is 206 Å². The average molecular weight is 735 g/mol. The van der Waals surface area contributed by atoms with Gasteiger partial charge in [-0.2, -0.15) is 0 Å². The van der Waals surface area contributed by atoms with E-state index in [4.69, 9.17) is 0 Å². The minimum Gasteiger partial charge on any atom is -0.480 e. The second-order valence-corrected chi connectivity index (χ2v) is 14.6. The highest BCUT2D eigenvalue weighted by Crippen LogP contribution is 2.14. The number of hydrogen-bond acceptors (Lipinski definition) is 6. The molecule has 0 aromatic rings. The Balaban J connectivity index is 4.42. The van der Waals surface area contributed by atoms with E-state index in [1.807, 2.05) is 0 Å². The SMILES string of the molecule is CCCCCCCCCCCCCCCCNC(=O)CC(=NCC(=O)O)C(CC(=O)NCCCCCCCCCCCCCCCC)=NCC(=O)O. The highest BCUT2D eigenvalue weighted by Gasteiger charge is 2.18. The Labute approximate surface area is 317 Å². The van der Waals surface area contributed by atoms with Crippen LogP contribution in [0.2, 0.25) is 0 Å². The molecule has 4 N–H and O–H groups in total. The molecule has 0 bridgehead atoms. The molecule has 0 aromatic carbocycles. The molecule has 0 rings (SSSR count). The fourth-order valence-electron chi connectivity index (χ4n) is 6.35. The summed E-state index contributed by atoms with van der Waals surface area (Å²) in [5.74, 6) is -3.10. The van der Waals surface area contributed by atoms with Gasteiger partial charge in [-0.3, -0.25) is 29.2 Å². The van der Waals surface area contributed by atoms with E-state index < -0.39 is 25.0 Å². The number of rotatable bonds is 39. The van der Waals surface area contributed by atoms with Gasteiger partial charge in [-0.1, -0.05) is 181 Å². The lowest BCUT2D eigenvalue weighted by Gasteiger charge is -2.12. The first-order valence-corrected chi connectivity index (χ1v) is 21.3. The third-order valence-corrected chi connectivity index (χ3v) is 9.50. The van der Waals surface area contributed by atoms with Crippen LogP contribution < -0.4 is 10.6 Å². The third kappa shape index (κ3) is 35.6. The Hall–Kier alpha value is -2.78. The van der Waals surface area contributed by atoms with Gasteiger partial charge in [0.15, 0.2) is 0 Å². The van der Waals surface area contributed by atoms with Crippen molar-refractivity contribution in [3.8, 4) is 0 Å². The van der Waals surface area contributed by atoms with Gasteiger partial charge < -0.3 is 20.8 Å². The predicted molar refractivity (Wildman–Crippen MR) is 216 cm³/mol. The highest BCUT2D eigenvalue weighted by molar-refractivity contribution is 6.47. The number of hydrogen-bond donors (Lipinski definition) is 4. The summed E-state index contributed by atoms with van der Waals surface area (Å²) in [6.07, 6.45) is 34.4. The van der Waals surface area contributed by atoms with Gasteiger partial charge in [-0.15, -0.1) is 0 Å². The zero-order valence-electron chi connectivity index (χ0n) is 33.5. The van der Waals surface area contributed by atoms with Crippen LogP contribution in [0.25, 0.3) is 0 Å². The molecule has 0 spiro atoms. The van der Waals surface area contributed by atoms with Gasteiger partial charge in [0, 0.05) is 13.1 Å². The van der Waals surface area contributed by atoms with Crippen LogP contribution in [0.15, 0.2) is 9.98 Å². The number of carboxylic acid groups (broad SMARTS) is 2. The van der Waals surface area contributed by atoms with Crippen LogP contribution in [0.5, 0.6) is 0 Å². The molecule has 0 unspecified atom stereocenters. The summed E-state index contributed by atoms with van der Waals surface area (Å²) >= 11 is 0. The predicted octanol–water partition coefficient (Wildman–Crippen LogP) is 10.0. The van der Waals surface area contributed by atoms with Crippen LogP contribution in [-0.2, 0) is 19.2 Å². The quantitative estimate of drug-likeness (QED) is 0.0364. The molecule has 10 nitrogen and oxygen atoms in total. The molecular formula is C42H78N4O6. The molecule has 0 aliphatic heterocycles. The maximum absolute atomic E-state index is 12.8. The molecule has 0 radical (unpaired) electrons. The van der Waals surface area contributed by atoms with Gasteiger partial charge in [0.1, 0.15) is 13.1 Å². The Bertz CT molecular complexity index is 892. The van der Waals surface area contributed by atoms with Gasteiger partial charge >= 0.3 is 11.9 Å². The van der Waals surface area contributed by atoms with E-state index >= 15 is 0 Å². The number of unbranched alkanes of at least 4 members (excludes halogenated alkanes) is 26. The second kappa shape index (κ2) is 38.0. The Kier molecular flexibility index (Phi) is 35.9.